The van der Waals surface area contributed by atoms with Gasteiger partial charge in [0.15, 0.2) is 12.4 Å². The second-order valence-corrected chi connectivity index (χ2v) is 13.8. The maximum atomic E-state index is 13.8. The van der Waals surface area contributed by atoms with Crippen LogP contribution in [0.3, 0.4) is 0 Å². The summed E-state index contributed by atoms with van der Waals surface area (Å²) in [4.78, 5) is 0. The SMILES string of the molecule is C[Si](C)(C)OC1C=CCC(SCc2ccccc2)(C(F)(F)F)S1. The van der Waals surface area contributed by atoms with Crippen molar-refractivity contribution >= 4 is 31.8 Å². The molecule has 1 nitrogen and oxygen atoms in total. The number of hydrogen-bond donors (Lipinski definition) is 0. The standard InChI is InChI=1S/C16H21F3OS2Si/c1-23(2,3)20-14-10-7-11-15(22-14,16(17,18)19)21-12-13-8-5-4-6-9-13/h4-10,14H,11-12H2,1-3H3. The zero-order chi connectivity index (χ0) is 17.1. The van der Waals surface area contributed by atoms with E-state index >= 15 is 0 Å². The van der Waals surface area contributed by atoms with Crippen LogP contribution in [0.25, 0.3) is 0 Å². The molecule has 1 aliphatic rings. The van der Waals surface area contributed by atoms with Gasteiger partial charge in [-0.15, -0.1) is 11.8 Å². The van der Waals surface area contributed by atoms with Crippen LogP contribution in [0.15, 0.2) is 42.5 Å². The van der Waals surface area contributed by atoms with E-state index in [2.05, 4.69) is 0 Å². The lowest BCUT2D eigenvalue weighted by molar-refractivity contribution is -0.137. The van der Waals surface area contributed by atoms with Crippen LogP contribution in [-0.2, 0) is 10.2 Å². The molecule has 0 aromatic heterocycles. The predicted molar refractivity (Wildman–Crippen MR) is 96.1 cm³/mol. The van der Waals surface area contributed by atoms with Gasteiger partial charge in [0, 0.05) is 5.75 Å². The molecule has 2 atom stereocenters. The third-order valence-electron chi connectivity index (χ3n) is 3.20. The molecule has 0 amide bonds. The van der Waals surface area contributed by atoms with Crippen LogP contribution in [0.4, 0.5) is 13.2 Å². The highest BCUT2D eigenvalue weighted by atomic mass is 32.2. The van der Waals surface area contributed by atoms with Crippen LogP contribution in [0.1, 0.15) is 12.0 Å². The molecular formula is C16H21F3OS2Si. The van der Waals surface area contributed by atoms with E-state index in [0.717, 1.165) is 29.1 Å². The van der Waals surface area contributed by atoms with Crippen LogP contribution in [0.5, 0.6) is 0 Å². The lowest BCUT2D eigenvalue weighted by Crippen LogP contribution is -2.43. The van der Waals surface area contributed by atoms with E-state index in [9.17, 15) is 13.2 Å². The second kappa shape index (κ2) is 7.25. The molecule has 0 saturated carbocycles. The van der Waals surface area contributed by atoms with Gasteiger partial charge < -0.3 is 4.43 Å². The topological polar surface area (TPSA) is 9.23 Å². The normalized spacial score (nSPS) is 25.6. The predicted octanol–water partition coefficient (Wildman–Crippen LogP) is 6.05. The lowest BCUT2D eigenvalue weighted by atomic mass is 10.2. The van der Waals surface area contributed by atoms with E-state index < -0.39 is 24.0 Å². The Morgan fingerprint density at radius 2 is 1.91 bits per heavy atom. The van der Waals surface area contributed by atoms with Gasteiger partial charge in [0.05, 0.1) is 0 Å². The third kappa shape index (κ3) is 5.31. The van der Waals surface area contributed by atoms with Gasteiger partial charge in [-0.3, -0.25) is 0 Å². The number of hydrogen-bond acceptors (Lipinski definition) is 3. The zero-order valence-electron chi connectivity index (χ0n) is 13.4. The summed E-state index contributed by atoms with van der Waals surface area (Å²) in [5.74, 6) is 0.334. The van der Waals surface area contributed by atoms with Crippen LogP contribution in [0.2, 0.25) is 19.6 Å². The maximum absolute atomic E-state index is 13.8. The van der Waals surface area contributed by atoms with Gasteiger partial charge >= 0.3 is 6.18 Å². The van der Waals surface area contributed by atoms with Crippen LogP contribution < -0.4 is 0 Å². The average Bonchev–Trinajstić information content (AvgIpc) is 2.44. The van der Waals surface area contributed by atoms with Gasteiger partial charge in [0.1, 0.15) is 5.44 Å². The summed E-state index contributed by atoms with van der Waals surface area (Å²) in [5.41, 5.74) is 0.374. The van der Waals surface area contributed by atoms with Crippen molar-refractivity contribution in [3.63, 3.8) is 0 Å². The van der Waals surface area contributed by atoms with Crippen LogP contribution in [0, 0.1) is 0 Å². The fourth-order valence-electron chi connectivity index (χ4n) is 2.15. The Morgan fingerprint density at radius 1 is 1.26 bits per heavy atom. The summed E-state index contributed by atoms with van der Waals surface area (Å²) in [5, 5.41) is 0. The molecule has 1 aromatic rings. The minimum absolute atomic E-state index is 0.0236. The molecule has 0 bridgehead atoms. The van der Waals surface area contributed by atoms with Crippen molar-refractivity contribution in [1.29, 1.82) is 0 Å². The Balaban J connectivity index is 2.15. The molecule has 0 aliphatic carbocycles. The molecule has 1 heterocycles. The highest BCUT2D eigenvalue weighted by Gasteiger charge is 2.57. The Kier molecular flexibility index (Phi) is 5.98. The molecule has 2 rings (SSSR count). The molecule has 7 heteroatoms. The van der Waals surface area contributed by atoms with Gasteiger partial charge in [-0.1, -0.05) is 54.2 Å². The van der Waals surface area contributed by atoms with Crippen molar-refractivity contribution in [2.75, 3.05) is 0 Å². The number of rotatable bonds is 5. The molecule has 128 valence electrons. The number of benzene rings is 1. The smallest absolute Gasteiger partial charge is 0.402 e. The molecule has 0 N–H and O–H groups in total. The van der Waals surface area contributed by atoms with Gasteiger partial charge in [-0.2, -0.15) is 13.2 Å². The fraction of sp³-hybridized carbons (Fsp3) is 0.500. The Hall–Kier alpha value is -0.373. The van der Waals surface area contributed by atoms with Gasteiger partial charge in [-0.25, -0.2) is 0 Å². The molecule has 0 fully saturated rings. The van der Waals surface area contributed by atoms with Crippen molar-refractivity contribution in [3.05, 3.63) is 48.0 Å². The highest BCUT2D eigenvalue weighted by Crippen LogP contribution is 2.56. The van der Waals surface area contributed by atoms with E-state index in [1.54, 1.807) is 12.2 Å². The lowest BCUT2D eigenvalue weighted by Gasteiger charge is -2.39. The first-order valence-corrected chi connectivity index (χ1v) is 12.7. The molecule has 1 aliphatic heterocycles. The first kappa shape index (κ1) is 19.0. The number of allylic oxidation sites excluding steroid dienone is 1. The van der Waals surface area contributed by atoms with E-state index in [0.29, 0.717) is 5.75 Å². The summed E-state index contributed by atoms with van der Waals surface area (Å²) >= 11 is 1.85. The van der Waals surface area contributed by atoms with Gasteiger partial charge in [-0.05, 0) is 31.6 Å². The summed E-state index contributed by atoms with van der Waals surface area (Å²) in [6.45, 7) is 5.97. The van der Waals surface area contributed by atoms with E-state index in [1.807, 2.05) is 50.0 Å². The first-order valence-electron chi connectivity index (χ1n) is 7.38. The zero-order valence-corrected chi connectivity index (χ0v) is 16.0. The number of alkyl halides is 3. The van der Waals surface area contributed by atoms with Crippen molar-refractivity contribution < 1.29 is 17.6 Å². The average molecular weight is 379 g/mol. The Morgan fingerprint density at radius 3 is 2.48 bits per heavy atom. The Bertz CT molecular complexity index is 542. The molecule has 1 aromatic carbocycles. The molecule has 2 unspecified atom stereocenters. The summed E-state index contributed by atoms with van der Waals surface area (Å²) < 4.78 is 45.4. The minimum atomic E-state index is -4.29. The van der Waals surface area contributed by atoms with Crippen molar-refractivity contribution in [2.45, 2.75) is 47.5 Å². The van der Waals surface area contributed by atoms with E-state index in [1.165, 1.54) is 0 Å². The maximum Gasteiger partial charge on any atom is 0.412 e. The summed E-state index contributed by atoms with van der Waals surface area (Å²) in [6, 6.07) is 9.28. The largest absolute Gasteiger partial charge is 0.412 e. The molecule has 0 saturated heterocycles. The van der Waals surface area contributed by atoms with E-state index in [-0.39, 0.29) is 6.42 Å². The first-order chi connectivity index (χ1) is 10.6. The molecular weight excluding hydrogens is 357 g/mol. The van der Waals surface area contributed by atoms with Crippen LogP contribution >= 0.6 is 23.5 Å². The monoisotopic (exact) mass is 378 g/mol. The minimum Gasteiger partial charge on any atom is -0.402 e. The second-order valence-electron chi connectivity index (χ2n) is 6.37. The van der Waals surface area contributed by atoms with Crippen LogP contribution in [-0.4, -0.2) is 24.0 Å². The molecule has 23 heavy (non-hydrogen) atoms. The molecule has 0 radical (unpaired) electrons. The quantitative estimate of drug-likeness (QED) is 0.456. The van der Waals surface area contributed by atoms with E-state index in [4.69, 9.17) is 4.43 Å². The van der Waals surface area contributed by atoms with Gasteiger partial charge in [0.2, 0.25) is 0 Å². The Labute approximate surface area is 145 Å². The van der Waals surface area contributed by atoms with Gasteiger partial charge in [0.25, 0.3) is 0 Å². The summed E-state index contributed by atoms with van der Waals surface area (Å²) in [6.07, 6.45) is -0.935. The number of thioether (sulfide) groups is 2. The van der Waals surface area contributed by atoms with Crippen molar-refractivity contribution in [1.82, 2.24) is 0 Å². The molecule has 0 spiro atoms. The summed E-state index contributed by atoms with van der Waals surface area (Å²) in [7, 11) is -1.90. The fourth-order valence-corrected chi connectivity index (χ4v) is 6.58. The highest BCUT2D eigenvalue weighted by molar-refractivity contribution is 8.18. The van der Waals surface area contributed by atoms with Crippen molar-refractivity contribution in [3.8, 4) is 0 Å². The van der Waals surface area contributed by atoms with Crippen molar-refractivity contribution in [2.24, 2.45) is 0 Å². The third-order valence-corrected chi connectivity index (χ3v) is 7.58. The number of halogens is 3.